The van der Waals surface area contributed by atoms with Crippen molar-refractivity contribution < 1.29 is 9.72 Å². The minimum Gasteiger partial charge on any atom is -0.321 e. The molecule has 1 aliphatic rings. The van der Waals surface area contributed by atoms with Gasteiger partial charge in [-0.25, -0.2) is 5.43 Å². The highest BCUT2D eigenvalue weighted by atomic mass is 79.9. The Balaban J connectivity index is 1.36. The van der Waals surface area contributed by atoms with Gasteiger partial charge in [0.15, 0.2) is 0 Å². The fourth-order valence-corrected chi connectivity index (χ4v) is 5.70. The molecule has 218 valence electrons. The Labute approximate surface area is 260 Å². The largest absolute Gasteiger partial charge is 0.321 e. The van der Waals surface area contributed by atoms with Crippen LogP contribution in [0.3, 0.4) is 0 Å². The van der Waals surface area contributed by atoms with Crippen LogP contribution in [0, 0.1) is 10.1 Å². The van der Waals surface area contributed by atoms with Crippen LogP contribution < -0.4 is 11.0 Å². The first kappa shape index (κ1) is 28.7. The summed E-state index contributed by atoms with van der Waals surface area (Å²) in [5, 5.41) is 22.4. The van der Waals surface area contributed by atoms with Gasteiger partial charge in [-0.1, -0.05) is 88.7 Å². The SMILES string of the molecule is O=C(CN1N=C(c2c(-c3ccccc3)c3cc(Br)ccc3[nH]c2=O)CC1c1ccccc1)N/N=C/c1cccc([N+](=O)[O-])c1. The lowest BCUT2D eigenvalue weighted by atomic mass is 9.91. The molecule has 0 fully saturated rings. The molecule has 1 aliphatic heterocycles. The Morgan fingerprint density at radius 1 is 1.02 bits per heavy atom. The highest BCUT2D eigenvalue weighted by Crippen LogP contribution is 2.37. The minimum atomic E-state index is -0.495. The van der Waals surface area contributed by atoms with Gasteiger partial charge in [0.1, 0.15) is 6.54 Å². The molecule has 0 radical (unpaired) electrons. The molecule has 6 rings (SSSR count). The van der Waals surface area contributed by atoms with Gasteiger partial charge in [0, 0.05) is 45.1 Å². The lowest BCUT2D eigenvalue weighted by molar-refractivity contribution is -0.384. The summed E-state index contributed by atoms with van der Waals surface area (Å²) in [7, 11) is 0. The van der Waals surface area contributed by atoms with Crippen molar-refractivity contribution in [2.75, 3.05) is 6.54 Å². The Morgan fingerprint density at radius 3 is 2.52 bits per heavy atom. The van der Waals surface area contributed by atoms with E-state index in [0.717, 1.165) is 26.5 Å². The van der Waals surface area contributed by atoms with E-state index in [1.54, 1.807) is 17.1 Å². The summed E-state index contributed by atoms with van der Waals surface area (Å²) in [5.41, 5.74) is 6.93. The maximum absolute atomic E-state index is 13.7. The van der Waals surface area contributed by atoms with Gasteiger partial charge in [0.2, 0.25) is 0 Å². The number of hydrogen-bond donors (Lipinski definition) is 2. The van der Waals surface area contributed by atoms with Crippen LogP contribution in [0.15, 0.2) is 123 Å². The molecule has 1 amide bonds. The topological polar surface area (TPSA) is 133 Å². The lowest BCUT2D eigenvalue weighted by Gasteiger charge is -2.22. The van der Waals surface area contributed by atoms with Crippen LogP contribution in [0.2, 0.25) is 0 Å². The van der Waals surface area contributed by atoms with E-state index in [0.29, 0.717) is 28.8 Å². The van der Waals surface area contributed by atoms with Crippen LogP contribution in [-0.4, -0.2) is 39.3 Å². The Hall–Kier alpha value is -5.42. The number of rotatable bonds is 8. The molecule has 0 saturated carbocycles. The number of fused-ring (bicyclic) bond motifs is 1. The maximum atomic E-state index is 13.7. The van der Waals surface area contributed by atoms with Crippen molar-refractivity contribution in [1.82, 2.24) is 15.4 Å². The number of non-ortho nitro benzene ring substituents is 1. The quantitative estimate of drug-likeness (QED) is 0.118. The predicted molar refractivity (Wildman–Crippen MR) is 174 cm³/mol. The number of aromatic amines is 1. The van der Waals surface area contributed by atoms with E-state index in [4.69, 9.17) is 5.10 Å². The van der Waals surface area contributed by atoms with Crippen molar-refractivity contribution in [2.24, 2.45) is 10.2 Å². The highest BCUT2D eigenvalue weighted by molar-refractivity contribution is 9.10. The van der Waals surface area contributed by atoms with Crippen molar-refractivity contribution in [1.29, 1.82) is 0 Å². The second-order valence-corrected chi connectivity index (χ2v) is 11.1. The standard InChI is InChI=1S/C33H25BrN6O4/c34-24-14-15-27-26(17-24)31(23-11-5-2-6-12-23)32(33(42)36-27)28-18-29(22-9-3-1-4-10-22)39(38-28)20-30(41)37-35-19-21-8-7-13-25(16-21)40(43)44/h1-17,19,29H,18,20H2,(H,36,42)(H,37,41)/b35-19+. The third-order valence-corrected chi connectivity index (χ3v) is 7.79. The molecule has 1 unspecified atom stereocenters. The molecule has 5 aromatic rings. The van der Waals surface area contributed by atoms with Crippen molar-refractivity contribution in [2.45, 2.75) is 12.5 Å². The second-order valence-electron chi connectivity index (χ2n) is 10.2. The van der Waals surface area contributed by atoms with Gasteiger partial charge >= 0.3 is 0 Å². The molecule has 1 aromatic heterocycles. The number of benzene rings is 4. The molecular weight excluding hydrogens is 624 g/mol. The molecular formula is C33H25BrN6O4. The summed E-state index contributed by atoms with van der Waals surface area (Å²) in [6, 6.07) is 30.8. The number of carbonyl (C=O) groups is 1. The normalized spacial score (nSPS) is 14.6. The molecule has 11 heteroatoms. The van der Waals surface area contributed by atoms with E-state index in [1.165, 1.54) is 18.3 Å². The molecule has 0 saturated heterocycles. The number of aromatic nitrogens is 1. The smallest absolute Gasteiger partial charge is 0.270 e. The molecule has 4 aromatic carbocycles. The van der Waals surface area contributed by atoms with Crippen LogP contribution >= 0.6 is 15.9 Å². The number of hydrogen-bond acceptors (Lipinski definition) is 7. The zero-order valence-electron chi connectivity index (χ0n) is 23.2. The molecule has 1 atom stereocenters. The van der Waals surface area contributed by atoms with E-state index in [1.807, 2.05) is 78.9 Å². The summed E-state index contributed by atoms with van der Waals surface area (Å²) in [5.74, 6) is -0.433. The number of halogens is 1. The minimum absolute atomic E-state index is 0.0733. The fourth-order valence-electron chi connectivity index (χ4n) is 5.34. The van der Waals surface area contributed by atoms with Gasteiger partial charge in [-0.3, -0.25) is 24.7 Å². The number of carbonyl (C=O) groups excluding carboxylic acids is 1. The van der Waals surface area contributed by atoms with Crippen LogP contribution in [0.4, 0.5) is 5.69 Å². The van der Waals surface area contributed by atoms with Gasteiger partial charge in [0.25, 0.3) is 17.2 Å². The number of amides is 1. The first-order valence-electron chi connectivity index (χ1n) is 13.7. The Bertz CT molecular complexity index is 1990. The van der Waals surface area contributed by atoms with E-state index < -0.39 is 10.8 Å². The average Bonchev–Trinajstić information content (AvgIpc) is 3.44. The molecule has 2 N–H and O–H groups in total. The molecule has 0 bridgehead atoms. The number of nitrogens with one attached hydrogen (secondary N) is 2. The Kier molecular flexibility index (Phi) is 8.11. The van der Waals surface area contributed by atoms with Crippen molar-refractivity contribution in [3.63, 3.8) is 0 Å². The number of nitrogens with zero attached hydrogens (tertiary/aromatic N) is 4. The summed E-state index contributed by atoms with van der Waals surface area (Å²) in [4.78, 5) is 40.3. The molecule has 0 spiro atoms. The van der Waals surface area contributed by atoms with E-state index in [2.05, 4.69) is 31.4 Å². The third-order valence-electron chi connectivity index (χ3n) is 7.30. The lowest BCUT2D eigenvalue weighted by Crippen LogP contribution is -2.32. The maximum Gasteiger partial charge on any atom is 0.270 e. The summed E-state index contributed by atoms with van der Waals surface area (Å²) in [6.45, 7) is -0.132. The summed E-state index contributed by atoms with van der Waals surface area (Å²) >= 11 is 3.57. The highest BCUT2D eigenvalue weighted by Gasteiger charge is 2.33. The van der Waals surface area contributed by atoms with Crippen molar-refractivity contribution in [3.05, 3.63) is 145 Å². The van der Waals surface area contributed by atoms with Crippen molar-refractivity contribution in [3.8, 4) is 11.1 Å². The molecule has 0 aliphatic carbocycles. The third kappa shape index (κ3) is 6.04. The predicted octanol–water partition coefficient (Wildman–Crippen LogP) is 6.17. The van der Waals surface area contributed by atoms with Gasteiger partial charge < -0.3 is 4.98 Å². The van der Waals surface area contributed by atoms with Gasteiger partial charge in [-0.2, -0.15) is 10.2 Å². The van der Waals surface area contributed by atoms with Gasteiger partial charge in [0.05, 0.1) is 28.5 Å². The first-order chi connectivity index (χ1) is 21.4. The van der Waals surface area contributed by atoms with Crippen LogP contribution in [-0.2, 0) is 4.79 Å². The zero-order chi connectivity index (χ0) is 30.6. The molecule has 44 heavy (non-hydrogen) atoms. The monoisotopic (exact) mass is 648 g/mol. The van der Waals surface area contributed by atoms with Crippen LogP contribution in [0.5, 0.6) is 0 Å². The molecule has 2 heterocycles. The second kappa shape index (κ2) is 12.4. The van der Waals surface area contributed by atoms with Crippen LogP contribution in [0.1, 0.15) is 29.2 Å². The number of H-pyrrole nitrogens is 1. The molecule has 10 nitrogen and oxygen atoms in total. The van der Waals surface area contributed by atoms with E-state index in [-0.39, 0.29) is 23.8 Å². The van der Waals surface area contributed by atoms with E-state index in [9.17, 15) is 19.7 Å². The van der Waals surface area contributed by atoms with E-state index >= 15 is 0 Å². The van der Waals surface area contributed by atoms with Gasteiger partial charge in [-0.05, 0) is 29.3 Å². The van der Waals surface area contributed by atoms with Crippen LogP contribution in [0.25, 0.3) is 22.0 Å². The van der Waals surface area contributed by atoms with Crippen molar-refractivity contribution >= 4 is 50.4 Å². The fraction of sp³-hybridized carbons (Fsp3) is 0.0909. The van der Waals surface area contributed by atoms with Gasteiger partial charge in [-0.15, -0.1) is 0 Å². The summed E-state index contributed by atoms with van der Waals surface area (Å²) < 4.78 is 0.875. The first-order valence-corrected chi connectivity index (χ1v) is 14.5. The summed E-state index contributed by atoms with van der Waals surface area (Å²) in [6.07, 6.45) is 1.74. The Morgan fingerprint density at radius 2 is 1.77 bits per heavy atom. The number of nitro benzene ring substituents is 1. The zero-order valence-corrected chi connectivity index (χ0v) is 24.8. The number of hydrazone groups is 2. The average molecular weight is 650 g/mol. The number of pyridine rings is 1. The number of nitro groups is 1.